The van der Waals surface area contributed by atoms with E-state index in [1.165, 1.54) is 19.3 Å². The Hall–Kier alpha value is -1.34. The summed E-state index contributed by atoms with van der Waals surface area (Å²) in [7, 11) is 3.53. The molecule has 4 rings (SSSR count). The number of likely N-dealkylation sites (N-methyl/N-ethyl adjacent to an activating group) is 1. The molecule has 2 aliphatic carbocycles. The number of carbonyl (C=O) groups is 1. The number of aliphatic imine (C=N–C) groups is 1. The quantitative estimate of drug-likeness (QED) is 0.556. The molecule has 0 aromatic heterocycles. The van der Waals surface area contributed by atoms with E-state index in [0.717, 1.165) is 45.0 Å². The highest BCUT2D eigenvalue weighted by molar-refractivity contribution is 5.85. The highest BCUT2D eigenvalue weighted by Gasteiger charge is 2.66. The summed E-state index contributed by atoms with van der Waals surface area (Å²) in [6, 6.07) is 0.411. The van der Waals surface area contributed by atoms with Crippen LogP contribution in [0.1, 0.15) is 38.5 Å². The maximum Gasteiger partial charge on any atom is 0.243 e. The van der Waals surface area contributed by atoms with E-state index in [0.29, 0.717) is 23.5 Å². The molecule has 2 aliphatic heterocycles. The van der Waals surface area contributed by atoms with E-state index >= 15 is 0 Å². The average Bonchev–Trinajstić information content (AvgIpc) is 3.23. The molecule has 1 spiro atoms. The van der Waals surface area contributed by atoms with Crippen molar-refractivity contribution in [3.8, 4) is 0 Å². The largest absolute Gasteiger partial charge is 0.377 e. The highest BCUT2D eigenvalue weighted by Crippen LogP contribution is 2.62. The molecule has 2 saturated heterocycles. The first kappa shape index (κ1) is 18.0. The molecule has 4 atom stereocenters. The van der Waals surface area contributed by atoms with E-state index in [1.807, 2.05) is 0 Å². The summed E-state index contributed by atoms with van der Waals surface area (Å²) in [5, 5.41) is 7.09. The van der Waals surface area contributed by atoms with Crippen LogP contribution in [0.3, 0.4) is 0 Å². The highest BCUT2D eigenvalue weighted by atomic mass is 16.5. The number of carbonyl (C=O) groups excluding carboxylic acids is 1. The fourth-order valence-corrected chi connectivity index (χ4v) is 5.06. The Labute approximate surface area is 155 Å². The summed E-state index contributed by atoms with van der Waals surface area (Å²) in [6.45, 7) is 2.63. The zero-order valence-corrected chi connectivity index (χ0v) is 16.0. The van der Waals surface area contributed by atoms with Crippen LogP contribution in [-0.2, 0) is 14.3 Å². The van der Waals surface area contributed by atoms with E-state index in [9.17, 15) is 4.79 Å². The molecular weight excluding hydrogens is 332 g/mol. The van der Waals surface area contributed by atoms with Gasteiger partial charge in [-0.2, -0.15) is 0 Å². The maximum atomic E-state index is 12.0. The normalized spacial score (nSPS) is 34.8. The number of fused-ring (bicyclic) bond motifs is 2. The number of guanidine groups is 1. The number of nitrogens with one attached hydrogen (secondary N) is 2. The Balaban J connectivity index is 1.41. The summed E-state index contributed by atoms with van der Waals surface area (Å²) >= 11 is 0. The first-order valence-corrected chi connectivity index (χ1v) is 10.1. The summed E-state index contributed by atoms with van der Waals surface area (Å²) in [5.74, 6) is 1.34. The minimum atomic E-state index is 0.0114. The SMILES string of the molecule is CN(C)C(=O)CN=C(NCC1CCCO1)NC1C2CCOC2C12CCC2. The molecule has 0 bridgehead atoms. The minimum absolute atomic E-state index is 0.0114. The van der Waals surface area contributed by atoms with E-state index < -0.39 is 0 Å². The van der Waals surface area contributed by atoms with Gasteiger partial charge in [0.2, 0.25) is 5.91 Å². The van der Waals surface area contributed by atoms with Gasteiger partial charge in [-0.05, 0) is 32.1 Å². The van der Waals surface area contributed by atoms with Crippen LogP contribution in [-0.4, -0.2) is 75.4 Å². The van der Waals surface area contributed by atoms with Crippen molar-refractivity contribution < 1.29 is 14.3 Å². The van der Waals surface area contributed by atoms with Gasteiger partial charge in [-0.25, -0.2) is 4.99 Å². The fourth-order valence-electron chi connectivity index (χ4n) is 5.06. The van der Waals surface area contributed by atoms with Crippen molar-refractivity contribution in [1.82, 2.24) is 15.5 Å². The van der Waals surface area contributed by atoms with Crippen LogP contribution in [0.4, 0.5) is 0 Å². The van der Waals surface area contributed by atoms with Crippen LogP contribution in [0, 0.1) is 11.3 Å². The Morgan fingerprint density at radius 3 is 2.69 bits per heavy atom. The Morgan fingerprint density at radius 2 is 2.04 bits per heavy atom. The van der Waals surface area contributed by atoms with Crippen molar-refractivity contribution in [2.24, 2.45) is 16.3 Å². The Morgan fingerprint density at radius 1 is 1.19 bits per heavy atom. The van der Waals surface area contributed by atoms with E-state index in [-0.39, 0.29) is 18.6 Å². The topological polar surface area (TPSA) is 75.2 Å². The third kappa shape index (κ3) is 3.20. The molecule has 0 radical (unpaired) electrons. The van der Waals surface area contributed by atoms with E-state index in [2.05, 4.69) is 15.6 Å². The van der Waals surface area contributed by atoms with Gasteiger partial charge in [0, 0.05) is 51.2 Å². The first-order chi connectivity index (χ1) is 12.6. The van der Waals surface area contributed by atoms with Crippen LogP contribution in [0.15, 0.2) is 4.99 Å². The first-order valence-electron chi connectivity index (χ1n) is 10.1. The van der Waals surface area contributed by atoms with Crippen LogP contribution in [0.2, 0.25) is 0 Å². The molecule has 1 amide bonds. The van der Waals surface area contributed by atoms with Crippen LogP contribution in [0.25, 0.3) is 0 Å². The smallest absolute Gasteiger partial charge is 0.243 e. The van der Waals surface area contributed by atoms with Gasteiger partial charge in [-0.15, -0.1) is 0 Å². The molecule has 2 saturated carbocycles. The van der Waals surface area contributed by atoms with Crippen LogP contribution < -0.4 is 10.6 Å². The Kier molecular flexibility index (Phi) is 5.10. The lowest BCUT2D eigenvalue weighted by molar-refractivity contribution is -0.171. The molecule has 4 unspecified atom stereocenters. The molecule has 4 aliphatic rings. The molecular formula is C19H32N4O3. The predicted molar refractivity (Wildman–Crippen MR) is 99.0 cm³/mol. The summed E-state index contributed by atoms with van der Waals surface area (Å²) in [4.78, 5) is 18.1. The number of hydrogen-bond acceptors (Lipinski definition) is 4. The van der Waals surface area contributed by atoms with Crippen molar-refractivity contribution in [2.75, 3.05) is 40.4 Å². The number of rotatable bonds is 5. The number of ether oxygens (including phenoxy) is 2. The standard InChI is InChI=1S/C19H32N4O3/c1-23(2)15(24)12-21-18(20-11-13-5-3-9-25-13)22-16-14-6-10-26-17(14)19(16)7-4-8-19/h13-14,16-17H,3-12H2,1-2H3,(H2,20,21,22). The van der Waals surface area contributed by atoms with Gasteiger partial charge in [0.25, 0.3) is 0 Å². The molecule has 0 aromatic carbocycles. The van der Waals surface area contributed by atoms with Gasteiger partial charge in [0.15, 0.2) is 5.96 Å². The minimum Gasteiger partial charge on any atom is -0.377 e. The van der Waals surface area contributed by atoms with Gasteiger partial charge in [0.05, 0.1) is 12.2 Å². The second kappa shape index (κ2) is 7.35. The summed E-state index contributed by atoms with van der Waals surface area (Å²) in [5.41, 5.74) is 0.291. The lowest BCUT2D eigenvalue weighted by Crippen LogP contribution is -2.72. The van der Waals surface area contributed by atoms with Gasteiger partial charge < -0.3 is 25.0 Å². The van der Waals surface area contributed by atoms with Crippen molar-refractivity contribution in [3.05, 3.63) is 0 Å². The monoisotopic (exact) mass is 364 g/mol. The lowest BCUT2D eigenvalue weighted by Gasteiger charge is -2.63. The van der Waals surface area contributed by atoms with Crippen molar-refractivity contribution in [3.63, 3.8) is 0 Å². The second-order valence-corrected chi connectivity index (χ2v) is 8.42. The zero-order chi connectivity index (χ0) is 18.1. The summed E-state index contributed by atoms with van der Waals surface area (Å²) in [6.07, 6.45) is 7.77. The van der Waals surface area contributed by atoms with Crippen molar-refractivity contribution in [2.45, 2.75) is 56.8 Å². The molecule has 4 fully saturated rings. The second-order valence-electron chi connectivity index (χ2n) is 8.42. The predicted octanol–water partition coefficient (Wildman–Crippen LogP) is 0.746. The number of hydrogen-bond donors (Lipinski definition) is 2. The van der Waals surface area contributed by atoms with Gasteiger partial charge >= 0.3 is 0 Å². The van der Waals surface area contributed by atoms with Gasteiger partial charge in [-0.1, -0.05) is 6.42 Å². The number of amides is 1. The van der Waals surface area contributed by atoms with Crippen LogP contribution >= 0.6 is 0 Å². The van der Waals surface area contributed by atoms with E-state index in [4.69, 9.17) is 9.47 Å². The molecule has 146 valence electrons. The average molecular weight is 364 g/mol. The molecule has 0 aromatic rings. The lowest BCUT2D eigenvalue weighted by atomic mass is 9.46. The molecule has 2 heterocycles. The molecule has 2 N–H and O–H groups in total. The number of nitrogens with zero attached hydrogens (tertiary/aromatic N) is 2. The van der Waals surface area contributed by atoms with Gasteiger partial charge in [-0.3, -0.25) is 4.79 Å². The third-order valence-corrected chi connectivity index (χ3v) is 6.72. The van der Waals surface area contributed by atoms with Crippen molar-refractivity contribution >= 4 is 11.9 Å². The maximum absolute atomic E-state index is 12.0. The fraction of sp³-hybridized carbons (Fsp3) is 0.895. The summed E-state index contributed by atoms with van der Waals surface area (Å²) < 4.78 is 11.7. The molecule has 7 heteroatoms. The van der Waals surface area contributed by atoms with E-state index in [1.54, 1.807) is 19.0 Å². The third-order valence-electron chi connectivity index (χ3n) is 6.72. The van der Waals surface area contributed by atoms with Crippen LogP contribution in [0.5, 0.6) is 0 Å². The molecule has 26 heavy (non-hydrogen) atoms. The zero-order valence-electron chi connectivity index (χ0n) is 16.0. The van der Waals surface area contributed by atoms with Crippen molar-refractivity contribution in [1.29, 1.82) is 0 Å². The van der Waals surface area contributed by atoms with Gasteiger partial charge in [0.1, 0.15) is 6.54 Å². The molecule has 7 nitrogen and oxygen atoms in total. The Bertz CT molecular complexity index is 555.